The van der Waals surface area contributed by atoms with E-state index in [9.17, 15) is 15.3 Å². The normalized spacial score (nSPS) is 22.3. The molecule has 5 heteroatoms. The van der Waals surface area contributed by atoms with E-state index in [1.165, 1.54) is 17.2 Å². The van der Waals surface area contributed by atoms with Crippen LogP contribution >= 0.6 is 0 Å². The van der Waals surface area contributed by atoms with Crippen LogP contribution in [0.1, 0.15) is 116 Å². The van der Waals surface area contributed by atoms with Crippen LogP contribution in [0.2, 0.25) is 0 Å². The first kappa shape index (κ1) is 37.7. The topological polar surface area (TPSA) is 101 Å². The summed E-state index contributed by atoms with van der Waals surface area (Å²) in [7, 11) is 0. The van der Waals surface area contributed by atoms with Gasteiger partial charge in [-0.2, -0.15) is 0 Å². The second-order valence-electron chi connectivity index (χ2n) is 13.4. The van der Waals surface area contributed by atoms with Crippen molar-refractivity contribution in [2.24, 2.45) is 11.8 Å². The number of unbranched alkanes of at least 4 members (excludes halogenated alkanes) is 2. The summed E-state index contributed by atoms with van der Waals surface area (Å²) in [5, 5.41) is 48.8. The average Bonchev–Trinajstić information content (AvgIpc) is 2.94. The number of phenolic OH excluding ortho intramolecular Hbond substituents is 4. The highest BCUT2D eigenvalue weighted by Gasteiger charge is 2.30. The molecule has 0 aliphatic heterocycles. The van der Waals surface area contributed by atoms with Gasteiger partial charge >= 0.3 is 0 Å². The van der Waals surface area contributed by atoms with Crippen molar-refractivity contribution in [2.45, 2.75) is 117 Å². The molecule has 0 saturated heterocycles. The number of allylic oxidation sites excluding steroid dienone is 5. The van der Waals surface area contributed by atoms with Crippen molar-refractivity contribution in [2.75, 3.05) is 0 Å². The van der Waals surface area contributed by atoms with E-state index in [0.29, 0.717) is 11.5 Å². The van der Waals surface area contributed by atoms with E-state index in [2.05, 4.69) is 46.1 Å². The van der Waals surface area contributed by atoms with Crippen LogP contribution in [0.5, 0.6) is 23.0 Å². The minimum Gasteiger partial charge on any atom is -0.508 e. The molecule has 0 unspecified atom stereocenters. The van der Waals surface area contributed by atoms with Crippen LogP contribution in [0.25, 0.3) is 0 Å². The lowest BCUT2D eigenvalue weighted by atomic mass is 9.73. The minimum absolute atomic E-state index is 0.0199. The number of hydrogen-bond donors (Lipinski definition) is 5. The van der Waals surface area contributed by atoms with Crippen molar-refractivity contribution in [1.82, 2.24) is 0 Å². The van der Waals surface area contributed by atoms with Crippen LogP contribution in [0.15, 0.2) is 78.4 Å². The third-order valence-corrected chi connectivity index (χ3v) is 8.79. The molecule has 5 nitrogen and oxygen atoms in total. The molecule has 4 rings (SSSR count). The molecule has 0 aromatic heterocycles. The minimum atomic E-state index is -0.577. The molecule has 2 aliphatic carbocycles. The fraction of sp³-hybridized carbons (Fsp3) is 0.500. The molecule has 0 radical (unpaired) electrons. The molecule has 5 N–H and O–H groups in total. The molecular weight excluding hydrogens is 560 g/mol. The number of aromatic hydroxyl groups is 4. The van der Waals surface area contributed by atoms with E-state index < -0.39 is 5.60 Å². The molecular formula is C40H58O5. The van der Waals surface area contributed by atoms with Crippen molar-refractivity contribution in [1.29, 1.82) is 0 Å². The van der Waals surface area contributed by atoms with Gasteiger partial charge in [0.2, 0.25) is 0 Å². The lowest BCUT2D eigenvalue weighted by Gasteiger charge is -2.31. The summed E-state index contributed by atoms with van der Waals surface area (Å²) in [6, 6.07) is 8.36. The van der Waals surface area contributed by atoms with Gasteiger partial charge in [0.1, 0.15) is 23.0 Å². The maximum Gasteiger partial charge on any atom is 0.123 e. The Morgan fingerprint density at radius 3 is 1.80 bits per heavy atom. The van der Waals surface area contributed by atoms with E-state index >= 15 is 0 Å². The monoisotopic (exact) mass is 618 g/mol. The molecule has 45 heavy (non-hydrogen) atoms. The van der Waals surface area contributed by atoms with Crippen LogP contribution < -0.4 is 0 Å². The first-order valence-corrected chi connectivity index (χ1v) is 16.6. The van der Waals surface area contributed by atoms with Crippen LogP contribution in [0, 0.1) is 11.8 Å². The smallest absolute Gasteiger partial charge is 0.123 e. The zero-order valence-electron chi connectivity index (χ0n) is 28.6. The summed E-state index contributed by atoms with van der Waals surface area (Å²) < 4.78 is 0. The predicted molar refractivity (Wildman–Crippen MR) is 188 cm³/mol. The molecule has 2 aromatic rings. The molecule has 0 spiro atoms. The summed E-state index contributed by atoms with van der Waals surface area (Å²) in [6.45, 7) is 20.3. The highest BCUT2D eigenvalue weighted by molar-refractivity contribution is 5.51. The van der Waals surface area contributed by atoms with Gasteiger partial charge in [0.15, 0.2) is 0 Å². The standard InChI is InChI=1S/C20H28O2.C10H14O2.C10H16O/c1-5-6-7-15-11-18(21)20(19(22)12-15)17-10-14(4)8-9-16(17)13(2)3;1-2-3-4-8-5-9(11)7-10(12)6-8;1-8(2)9-4-6-10(3,11)7-5-9/h10-12,16-17,21-22H,2,5-9H2,1,3-4H3;5-7,11-12H,2-4H2,1H3;4,6,9,11H,1,5,7H2,2-3H3/t16-,17+;;9-,10+/m0.0/s1. The van der Waals surface area contributed by atoms with Gasteiger partial charge < -0.3 is 25.5 Å². The predicted octanol–water partition coefficient (Wildman–Crippen LogP) is 10.2. The number of aliphatic hydroxyl groups is 1. The van der Waals surface area contributed by atoms with Gasteiger partial charge in [-0.15, -0.1) is 0 Å². The van der Waals surface area contributed by atoms with Gasteiger partial charge in [-0.05, 0) is 126 Å². The molecule has 2 aliphatic rings. The number of aryl methyl sites for hydroxylation is 2. The lowest BCUT2D eigenvalue weighted by Crippen LogP contribution is -2.25. The quantitative estimate of drug-likeness (QED) is 0.180. The van der Waals surface area contributed by atoms with Crippen molar-refractivity contribution in [3.63, 3.8) is 0 Å². The Labute approximate surface area is 272 Å². The SMILES string of the molecule is C=C(C)[C@@H]1CCC(C)=C[C@H]1c1c(O)cc(CCCC)cc1O.C=C(C)[C@H]1C=C[C@@](C)(O)CC1.CCCCc1cc(O)cc(O)c1. The van der Waals surface area contributed by atoms with Crippen LogP contribution in [-0.4, -0.2) is 31.1 Å². The first-order chi connectivity index (χ1) is 21.2. The summed E-state index contributed by atoms with van der Waals surface area (Å²) in [6.07, 6.45) is 16.3. The molecule has 0 heterocycles. The summed E-state index contributed by atoms with van der Waals surface area (Å²) in [4.78, 5) is 0. The Morgan fingerprint density at radius 2 is 1.36 bits per heavy atom. The highest BCUT2D eigenvalue weighted by atomic mass is 16.3. The first-order valence-electron chi connectivity index (χ1n) is 16.6. The van der Waals surface area contributed by atoms with E-state index in [-0.39, 0.29) is 34.8 Å². The summed E-state index contributed by atoms with van der Waals surface area (Å²) in [5.41, 5.74) is 5.70. The summed E-state index contributed by atoms with van der Waals surface area (Å²) in [5.74, 6) is 1.49. The Kier molecular flexibility index (Phi) is 15.0. The average molecular weight is 619 g/mol. The third kappa shape index (κ3) is 12.5. The number of phenols is 4. The number of hydrogen-bond acceptors (Lipinski definition) is 5. The molecule has 0 amide bonds. The molecule has 248 valence electrons. The van der Waals surface area contributed by atoms with Crippen LogP contribution in [0.3, 0.4) is 0 Å². The van der Waals surface area contributed by atoms with Crippen molar-refractivity contribution >= 4 is 0 Å². The second-order valence-corrected chi connectivity index (χ2v) is 13.4. The fourth-order valence-electron chi connectivity index (χ4n) is 6.00. The van der Waals surface area contributed by atoms with Crippen LogP contribution in [0.4, 0.5) is 0 Å². The maximum absolute atomic E-state index is 10.5. The molecule has 4 atom stereocenters. The van der Waals surface area contributed by atoms with Gasteiger partial charge in [-0.1, -0.05) is 74.8 Å². The lowest BCUT2D eigenvalue weighted by molar-refractivity contribution is 0.0903. The number of rotatable bonds is 9. The zero-order chi connectivity index (χ0) is 33.7. The largest absolute Gasteiger partial charge is 0.508 e. The van der Waals surface area contributed by atoms with E-state index in [0.717, 1.165) is 80.9 Å². The van der Waals surface area contributed by atoms with Gasteiger partial charge in [0, 0.05) is 17.5 Å². The van der Waals surface area contributed by atoms with Gasteiger partial charge in [0.25, 0.3) is 0 Å². The molecule has 2 aromatic carbocycles. The maximum atomic E-state index is 10.5. The van der Waals surface area contributed by atoms with Crippen molar-refractivity contribution in [3.05, 3.63) is 95.1 Å². The Bertz CT molecular complexity index is 1290. The highest BCUT2D eigenvalue weighted by Crippen LogP contribution is 2.46. The van der Waals surface area contributed by atoms with Crippen molar-refractivity contribution < 1.29 is 25.5 Å². The Hall–Kier alpha value is -3.44. The van der Waals surface area contributed by atoms with E-state index in [1.54, 1.807) is 12.1 Å². The second kappa shape index (κ2) is 17.9. The van der Waals surface area contributed by atoms with Crippen molar-refractivity contribution in [3.8, 4) is 23.0 Å². The fourth-order valence-corrected chi connectivity index (χ4v) is 6.00. The summed E-state index contributed by atoms with van der Waals surface area (Å²) >= 11 is 0. The van der Waals surface area contributed by atoms with Gasteiger partial charge in [0.05, 0.1) is 5.60 Å². The molecule has 0 fully saturated rings. The third-order valence-electron chi connectivity index (χ3n) is 8.79. The van der Waals surface area contributed by atoms with Crippen LogP contribution in [-0.2, 0) is 12.8 Å². The number of benzene rings is 2. The van der Waals surface area contributed by atoms with E-state index in [4.69, 9.17) is 10.2 Å². The zero-order valence-corrected chi connectivity index (χ0v) is 28.6. The molecule has 0 saturated carbocycles. The Balaban J connectivity index is 0.000000259. The van der Waals surface area contributed by atoms with E-state index in [1.807, 2.05) is 39.0 Å². The van der Waals surface area contributed by atoms with Gasteiger partial charge in [-0.3, -0.25) is 0 Å². The Morgan fingerprint density at radius 1 is 0.822 bits per heavy atom. The van der Waals surface area contributed by atoms with Gasteiger partial charge in [-0.25, -0.2) is 0 Å². The molecule has 0 bridgehead atoms.